The van der Waals surface area contributed by atoms with E-state index < -0.39 is 30.6 Å². The van der Waals surface area contributed by atoms with Crippen molar-refractivity contribution in [3.8, 4) is 11.5 Å². The van der Waals surface area contributed by atoms with Crippen molar-refractivity contribution in [2.45, 2.75) is 6.36 Å². The standard InChI is InChI=1S/C17H14F3NO5/c1-24-14-4-2-3-12(9-14)21-15(22)10-25-16(23)11-5-7-13(8-6-11)26-17(18,19)20/h2-9H,10H2,1H3,(H,21,22). The number of nitrogens with one attached hydrogen (secondary N) is 1. The first kappa shape index (κ1) is 19.1. The van der Waals surface area contributed by atoms with Crippen molar-refractivity contribution in [2.24, 2.45) is 0 Å². The predicted molar refractivity (Wildman–Crippen MR) is 85.0 cm³/mol. The van der Waals surface area contributed by atoms with Crippen molar-refractivity contribution in [3.63, 3.8) is 0 Å². The molecule has 1 N–H and O–H groups in total. The fourth-order valence-corrected chi connectivity index (χ4v) is 1.91. The number of rotatable bonds is 6. The summed E-state index contributed by atoms with van der Waals surface area (Å²) < 4.78 is 49.7. The number of alkyl halides is 3. The number of amides is 1. The van der Waals surface area contributed by atoms with Gasteiger partial charge in [-0.15, -0.1) is 13.2 Å². The van der Waals surface area contributed by atoms with E-state index in [1.54, 1.807) is 24.3 Å². The van der Waals surface area contributed by atoms with Crippen molar-refractivity contribution < 1.29 is 37.0 Å². The number of anilines is 1. The molecule has 26 heavy (non-hydrogen) atoms. The Labute approximate surface area is 146 Å². The Morgan fingerprint density at radius 1 is 1.04 bits per heavy atom. The zero-order valence-corrected chi connectivity index (χ0v) is 13.5. The van der Waals surface area contributed by atoms with Crippen LogP contribution in [0.3, 0.4) is 0 Å². The van der Waals surface area contributed by atoms with E-state index in [4.69, 9.17) is 9.47 Å². The second kappa shape index (κ2) is 8.24. The summed E-state index contributed by atoms with van der Waals surface area (Å²) in [5, 5.41) is 2.52. The van der Waals surface area contributed by atoms with E-state index in [9.17, 15) is 22.8 Å². The zero-order valence-electron chi connectivity index (χ0n) is 13.5. The predicted octanol–water partition coefficient (Wildman–Crippen LogP) is 3.39. The van der Waals surface area contributed by atoms with Crippen molar-refractivity contribution in [2.75, 3.05) is 19.0 Å². The van der Waals surface area contributed by atoms with Gasteiger partial charge < -0.3 is 19.5 Å². The summed E-state index contributed by atoms with van der Waals surface area (Å²) in [6.07, 6.45) is -4.82. The van der Waals surface area contributed by atoms with E-state index in [1.165, 1.54) is 7.11 Å². The zero-order chi connectivity index (χ0) is 19.2. The smallest absolute Gasteiger partial charge is 0.497 e. The highest BCUT2D eigenvalue weighted by Gasteiger charge is 2.31. The molecule has 2 rings (SSSR count). The molecular formula is C17H14F3NO5. The first-order chi connectivity index (χ1) is 12.3. The molecule has 0 heterocycles. The Morgan fingerprint density at radius 3 is 2.35 bits per heavy atom. The largest absolute Gasteiger partial charge is 0.573 e. The minimum Gasteiger partial charge on any atom is -0.497 e. The number of hydrogen-bond acceptors (Lipinski definition) is 5. The fraction of sp³-hybridized carbons (Fsp3) is 0.176. The van der Waals surface area contributed by atoms with Gasteiger partial charge in [-0.3, -0.25) is 4.79 Å². The lowest BCUT2D eigenvalue weighted by atomic mass is 10.2. The molecule has 2 aromatic rings. The Hall–Kier alpha value is -3.23. The molecule has 0 saturated carbocycles. The van der Waals surface area contributed by atoms with Crippen LogP contribution in [0, 0.1) is 0 Å². The number of ether oxygens (including phenoxy) is 3. The molecule has 0 bridgehead atoms. The monoisotopic (exact) mass is 369 g/mol. The van der Waals surface area contributed by atoms with Gasteiger partial charge in [-0.1, -0.05) is 6.07 Å². The summed E-state index contributed by atoms with van der Waals surface area (Å²) in [5.41, 5.74) is 0.438. The van der Waals surface area contributed by atoms with E-state index in [0.29, 0.717) is 11.4 Å². The summed E-state index contributed by atoms with van der Waals surface area (Å²) >= 11 is 0. The molecule has 0 spiro atoms. The molecule has 0 atom stereocenters. The molecule has 1 amide bonds. The number of halogens is 3. The normalized spacial score (nSPS) is 10.8. The van der Waals surface area contributed by atoms with Gasteiger partial charge in [0, 0.05) is 11.8 Å². The van der Waals surface area contributed by atoms with Gasteiger partial charge in [-0.05, 0) is 36.4 Å². The van der Waals surface area contributed by atoms with E-state index in [1.807, 2.05) is 0 Å². The Kier molecular flexibility index (Phi) is 6.05. The first-order valence-corrected chi connectivity index (χ1v) is 7.23. The molecule has 9 heteroatoms. The van der Waals surface area contributed by atoms with Gasteiger partial charge in [0.05, 0.1) is 12.7 Å². The molecule has 0 radical (unpaired) electrons. The summed E-state index contributed by atoms with van der Waals surface area (Å²) in [7, 11) is 1.48. The second-order valence-corrected chi connectivity index (χ2v) is 4.93. The van der Waals surface area contributed by atoms with Gasteiger partial charge in [0.1, 0.15) is 11.5 Å². The number of benzene rings is 2. The molecule has 0 aliphatic rings. The molecule has 2 aromatic carbocycles. The van der Waals surface area contributed by atoms with Crippen molar-refractivity contribution in [1.82, 2.24) is 0 Å². The van der Waals surface area contributed by atoms with E-state index in [2.05, 4.69) is 10.1 Å². The first-order valence-electron chi connectivity index (χ1n) is 7.23. The van der Waals surface area contributed by atoms with Crippen LogP contribution in [0.15, 0.2) is 48.5 Å². The number of carbonyl (C=O) groups is 2. The number of methoxy groups -OCH3 is 1. The highest BCUT2D eigenvalue weighted by molar-refractivity contribution is 5.95. The highest BCUT2D eigenvalue weighted by atomic mass is 19.4. The molecule has 0 aromatic heterocycles. The SMILES string of the molecule is COc1cccc(NC(=O)COC(=O)c2ccc(OC(F)(F)F)cc2)c1. The minimum absolute atomic E-state index is 0.0197. The van der Waals surface area contributed by atoms with Crippen LogP contribution in [0.2, 0.25) is 0 Å². The Balaban J connectivity index is 1.86. The summed E-state index contributed by atoms with van der Waals surface area (Å²) in [6.45, 7) is -0.559. The summed E-state index contributed by atoms with van der Waals surface area (Å²) in [6, 6.07) is 10.7. The van der Waals surface area contributed by atoms with Gasteiger partial charge >= 0.3 is 12.3 Å². The van der Waals surface area contributed by atoms with E-state index in [-0.39, 0.29) is 5.56 Å². The molecule has 0 unspecified atom stereocenters. The summed E-state index contributed by atoms with van der Waals surface area (Å²) in [5.74, 6) is -1.36. The molecule has 0 saturated heterocycles. The van der Waals surface area contributed by atoms with Crippen LogP contribution in [-0.4, -0.2) is 32.0 Å². The average Bonchev–Trinajstić information content (AvgIpc) is 2.59. The summed E-state index contributed by atoms with van der Waals surface area (Å²) in [4.78, 5) is 23.6. The lowest BCUT2D eigenvalue weighted by Crippen LogP contribution is -2.21. The Bertz CT molecular complexity index is 775. The van der Waals surface area contributed by atoms with Crippen molar-refractivity contribution >= 4 is 17.6 Å². The molecule has 138 valence electrons. The van der Waals surface area contributed by atoms with Crippen LogP contribution in [0.1, 0.15) is 10.4 Å². The van der Waals surface area contributed by atoms with Gasteiger partial charge in [0.25, 0.3) is 5.91 Å². The number of esters is 1. The van der Waals surface area contributed by atoms with Crippen molar-refractivity contribution in [1.29, 1.82) is 0 Å². The van der Waals surface area contributed by atoms with E-state index in [0.717, 1.165) is 24.3 Å². The molecule has 0 fully saturated rings. The maximum Gasteiger partial charge on any atom is 0.573 e. The number of hydrogen-bond donors (Lipinski definition) is 1. The number of carbonyl (C=O) groups excluding carboxylic acids is 2. The van der Waals surface area contributed by atoms with Crippen LogP contribution in [0.4, 0.5) is 18.9 Å². The molecular weight excluding hydrogens is 355 g/mol. The topological polar surface area (TPSA) is 73.9 Å². The van der Waals surface area contributed by atoms with Gasteiger partial charge in [0.15, 0.2) is 6.61 Å². The van der Waals surface area contributed by atoms with E-state index >= 15 is 0 Å². The third-order valence-electron chi connectivity index (χ3n) is 3.01. The average molecular weight is 369 g/mol. The minimum atomic E-state index is -4.82. The highest BCUT2D eigenvalue weighted by Crippen LogP contribution is 2.23. The maximum absolute atomic E-state index is 12.1. The quantitative estimate of drug-likeness (QED) is 0.790. The molecule has 0 aliphatic heterocycles. The molecule has 0 aliphatic carbocycles. The lowest BCUT2D eigenvalue weighted by molar-refractivity contribution is -0.274. The van der Waals surface area contributed by atoms with Crippen LogP contribution < -0.4 is 14.8 Å². The van der Waals surface area contributed by atoms with Crippen molar-refractivity contribution in [3.05, 3.63) is 54.1 Å². The van der Waals surface area contributed by atoms with Gasteiger partial charge in [-0.25, -0.2) is 4.79 Å². The maximum atomic E-state index is 12.1. The third kappa shape index (κ3) is 6.00. The Morgan fingerprint density at radius 2 is 1.73 bits per heavy atom. The van der Waals surface area contributed by atoms with Gasteiger partial charge in [0.2, 0.25) is 0 Å². The lowest BCUT2D eigenvalue weighted by Gasteiger charge is -2.10. The second-order valence-electron chi connectivity index (χ2n) is 4.93. The fourth-order valence-electron chi connectivity index (χ4n) is 1.91. The van der Waals surface area contributed by atoms with Crippen LogP contribution in [-0.2, 0) is 9.53 Å². The van der Waals surface area contributed by atoms with Gasteiger partial charge in [-0.2, -0.15) is 0 Å². The molecule has 6 nitrogen and oxygen atoms in total. The third-order valence-corrected chi connectivity index (χ3v) is 3.01. The van der Waals surface area contributed by atoms with Crippen LogP contribution in [0.25, 0.3) is 0 Å². The van der Waals surface area contributed by atoms with Crippen LogP contribution in [0.5, 0.6) is 11.5 Å². The van der Waals surface area contributed by atoms with Crippen LogP contribution >= 0.6 is 0 Å².